The third kappa shape index (κ3) is 5.52. The summed E-state index contributed by atoms with van der Waals surface area (Å²) in [5.41, 5.74) is 11.9. The Bertz CT molecular complexity index is 3190. The average molecular weight is 753 g/mol. The van der Waals surface area contributed by atoms with Crippen molar-refractivity contribution in [2.45, 2.75) is 26.2 Å². The zero-order chi connectivity index (χ0) is 39.0. The van der Waals surface area contributed by atoms with Crippen molar-refractivity contribution >= 4 is 66.5 Å². The average Bonchev–Trinajstić information content (AvgIpc) is 3.93. The van der Waals surface area contributed by atoms with Crippen molar-refractivity contribution in [3.8, 4) is 28.4 Å². The first-order valence-electron chi connectivity index (χ1n) is 19.8. The predicted octanol–water partition coefficient (Wildman–Crippen LogP) is 14.1. The lowest BCUT2D eigenvalue weighted by Crippen LogP contribution is -2.24. The van der Waals surface area contributed by atoms with Gasteiger partial charge in [0, 0.05) is 45.7 Å². The third-order valence-electron chi connectivity index (χ3n) is 11.5. The number of hydrogen-bond donors (Lipinski definition) is 0. The number of para-hydroxylation sites is 4. The maximum absolute atomic E-state index is 6.74. The number of hydrogen-bond acceptors (Lipinski definition) is 5. The fourth-order valence-corrected chi connectivity index (χ4v) is 8.67. The maximum atomic E-state index is 6.74. The van der Waals surface area contributed by atoms with Crippen LogP contribution >= 0.6 is 0 Å². The molecular formula is C52H40N4O2. The van der Waals surface area contributed by atoms with Crippen LogP contribution in [-0.2, 0) is 5.41 Å². The lowest BCUT2D eigenvalue weighted by Gasteiger charge is -2.25. The van der Waals surface area contributed by atoms with Gasteiger partial charge in [-0.3, -0.25) is 4.57 Å². The molecule has 0 amide bonds. The quantitative estimate of drug-likeness (QED) is 0.169. The van der Waals surface area contributed by atoms with Gasteiger partial charge < -0.3 is 19.0 Å². The van der Waals surface area contributed by atoms with Gasteiger partial charge in [-0.05, 0) is 89.3 Å². The molecule has 6 nitrogen and oxygen atoms in total. The van der Waals surface area contributed by atoms with Gasteiger partial charge in [-0.2, -0.15) is 0 Å². The Labute approximate surface area is 336 Å². The van der Waals surface area contributed by atoms with Crippen LogP contribution in [0.5, 0.6) is 11.5 Å². The molecule has 4 heterocycles. The van der Waals surface area contributed by atoms with Crippen LogP contribution in [-0.4, -0.2) is 16.2 Å². The molecule has 0 radical (unpaired) electrons. The number of rotatable bonds is 6. The number of ether oxygens (including phenoxy) is 1. The summed E-state index contributed by atoms with van der Waals surface area (Å²) in [6.45, 7) is 7.31. The molecule has 280 valence electrons. The summed E-state index contributed by atoms with van der Waals surface area (Å²) < 4.78 is 15.4. The summed E-state index contributed by atoms with van der Waals surface area (Å²) in [6, 6.07) is 59.6. The lowest BCUT2D eigenvalue weighted by atomic mass is 9.88. The van der Waals surface area contributed by atoms with Crippen molar-refractivity contribution in [3.05, 3.63) is 182 Å². The Kier molecular flexibility index (Phi) is 7.70. The molecule has 0 N–H and O–H groups in total. The fraction of sp³-hybridized carbons (Fsp3) is 0.0962. The van der Waals surface area contributed by atoms with E-state index in [1.54, 1.807) is 0 Å². The van der Waals surface area contributed by atoms with Gasteiger partial charge in [0.15, 0.2) is 0 Å². The number of pyridine rings is 1. The van der Waals surface area contributed by atoms with Crippen molar-refractivity contribution in [1.82, 2.24) is 9.55 Å². The van der Waals surface area contributed by atoms with Gasteiger partial charge in [-0.15, -0.1) is 0 Å². The molecule has 0 fully saturated rings. The molecule has 1 aliphatic heterocycles. The first-order valence-corrected chi connectivity index (χ1v) is 19.8. The van der Waals surface area contributed by atoms with Crippen LogP contribution in [0.3, 0.4) is 0 Å². The van der Waals surface area contributed by atoms with Crippen molar-refractivity contribution in [3.63, 3.8) is 0 Å². The Morgan fingerprint density at radius 3 is 2.14 bits per heavy atom. The van der Waals surface area contributed by atoms with E-state index in [0.29, 0.717) is 6.67 Å². The SMILES string of the molecule is CC(C)(C)c1ccnc(-n2c3ccccc3c3ccc(Oc4cccc(N5CN(c6c(-c7ccccc7)ccc7oc8ccccc8c67)c6ccccc65)c4)cc32)c1. The van der Waals surface area contributed by atoms with Crippen LogP contribution in [0.15, 0.2) is 180 Å². The Morgan fingerprint density at radius 1 is 0.569 bits per heavy atom. The largest absolute Gasteiger partial charge is 0.457 e. The molecule has 0 bridgehead atoms. The van der Waals surface area contributed by atoms with Gasteiger partial charge in [0.25, 0.3) is 0 Å². The standard InChI is InChI=1S/C52H40N4O2/c1-52(2,3)35-28-29-53-49(30-35)56-43-20-9-7-18-40(43)41-25-24-38(32-46(41)56)57-37-17-13-16-36(31-37)54-33-55(45-22-11-10-21-44(45)54)51-39(34-14-5-4-6-15-34)26-27-48-50(51)42-19-8-12-23-47(42)58-48/h4-32H,33H2,1-3H3. The molecule has 0 saturated carbocycles. The zero-order valence-corrected chi connectivity index (χ0v) is 32.6. The summed E-state index contributed by atoms with van der Waals surface area (Å²) in [4.78, 5) is 9.67. The van der Waals surface area contributed by atoms with E-state index in [2.05, 4.69) is 193 Å². The summed E-state index contributed by atoms with van der Waals surface area (Å²) in [6.07, 6.45) is 1.92. The Morgan fingerprint density at radius 2 is 1.29 bits per heavy atom. The van der Waals surface area contributed by atoms with Gasteiger partial charge >= 0.3 is 0 Å². The van der Waals surface area contributed by atoms with Crippen LogP contribution in [0.2, 0.25) is 0 Å². The van der Waals surface area contributed by atoms with E-state index >= 15 is 0 Å². The minimum Gasteiger partial charge on any atom is -0.457 e. The second-order valence-electron chi connectivity index (χ2n) is 16.1. The molecule has 0 spiro atoms. The molecule has 0 aliphatic carbocycles. The second kappa shape index (κ2) is 13.1. The Balaban J connectivity index is 0.992. The summed E-state index contributed by atoms with van der Waals surface area (Å²) in [5.74, 6) is 2.41. The van der Waals surface area contributed by atoms with Crippen LogP contribution in [0.4, 0.5) is 22.7 Å². The predicted molar refractivity (Wildman–Crippen MR) is 239 cm³/mol. The highest BCUT2D eigenvalue weighted by molar-refractivity contribution is 6.17. The first-order chi connectivity index (χ1) is 28.4. The zero-order valence-electron chi connectivity index (χ0n) is 32.6. The van der Waals surface area contributed by atoms with Crippen LogP contribution < -0.4 is 14.5 Å². The van der Waals surface area contributed by atoms with E-state index in [9.17, 15) is 0 Å². The molecule has 3 aromatic heterocycles. The molecule has 1 aliphatic rings. The van der Waals surface area contributed by atoms with E-state index in [-0.39, 0.29) is 5.41 Å². The van der Waals surface area contributed by atoms with Crippen LogP contribution in [0, 0.1) is 0 Å². The second-order valence-corrected chi connectivity index (χ2v) is 16.1. The number of furan rings is 1. The van der Waals surface area contributed by atoms with E-state index in [1.165, 1.54) is 10.9 Å². The number of anilines is 4. The minimum atomic E-state index is -0.00618. The monoisotopic (exact) mass is 752 g/mol. The van der Waals surface area contributed by atoms with Gasteiger partial charge in [0.2, 0.25) is 0 Å². The highest BCUT2D eigenvalue weighted by Crippen LogP contribution is 2.51. The molecule has 0 saturated heterocycles. The number of aromatic nitrogens is 2. The van der Waals surface area contributed by atoms with Gasteiger partial charge in [-0.1, -0.05) is 106 Å². The van der Waals surface area contributed by atoms with E-state index in [4.69, 9.17) is 14.1 Å². The van der Waals surface area contributed by atoms with E-state index < -0.39 is 0 Å². The maximum Gasteiger partial charge on any atom is 0.137 e. The summed E-state index contributed by atoms with van der Waals surface area (Å²) >= 11 is 0. The minimum absolute atomic E-state index is 0.00618. The first kappa shape index (κ1) is 34.0. The summed E-state index contributed by atoms with van der Waals surface area (Å²) in [7, 11) is 0. The van der Waals surface area contributed by atoms with Crippen molar-refractivity contribution in [2.24, 2.45) is 0 Å². The van der Waals surface area contributed by atoms with Crippen molar-refractivity contribution in [1.29, 1.82) is 0 Å². The molecule has 58 heavy (non-hydrogen) atoms. The number of fused-ring (bicyclic) bond motifs is 7. The highest BCUT2D eigenvalue weighted by Gasteiger charge is 2.32. The van der Waals surface area contributed by atoms with Gasteiger partial charge in [0.1, 0.15) is 35.2 Å². The van der Waals surface area contributed by atoms with Crippen molar-refractivity contribution in [2.75, 3.05) is 16.5 Å². The molecule has 11 rings (SSSR count). The lowest BCUT2D eigenvalue weighted by molar-refractivity contribution is 0.483. The molecule has 0 atom stereocenters. The van der Waals surface area contributed by atoms with Crippen LogP contribution in [0.25, 0.3) is 60.7 Å². The third-order valence-corrected chi connectivity index (χ3v) is 11.5. The van der Waals surface area contributed by atoms with Crippen molar-refractivity contribution < 1.29 is 9.15 Å². The number of benzene rings is 7. The molecule has 0 unspecified atom stereocenters. The highest BCUT2D eigenvalue weighted by atomic mass is 16.5. The number of nitrogens with zero attached hydrogens (tertiary/aromatic N) is 4. The Hall–Kier alpha value is -7.31. The topological polar surface area (TPSA) is 46.7 Å². The van der Waals surface area contributed by atoms with Gasteiger partial charge in [0.05, 0.1) is 33.5 Å². The normalized spacial score (nSPS) is 12.9. The smallest absolute Gasteiger partial charge is 0.137 e. The molecule has 10 aromatic rings. The molecule has 6 heteroatoms. The van der Waals surface area contributed by atoms with Gasteiger partial charge in [-0.25, -0.2) is 4.98 Å². The fourth-order valence-electron chi connectivity index (χ4n) is 8.67. The van der Waals surface area contributed by atoms with E-state index in [1.807, 2.05) is 18.3 Å². The molecular weight excluding hydrogens is 713 g/mol. The molecule has 7 aromatic carbocycles. The van der Waals surface area contributed by atoms with E-state index in [0.717, 1.165) is 89.6 Å². The van der Waals surface area contributed by atoms with Crippen LogP contribution in [0.1, 0.15) is 26.3 Å². The summed E-state index contributed by atoms with van der Waals surface area (Å²) in [5, 5.41) is 4.55.